The molecule has 1 aromatic heterocycles. The Morgan fingerprint density at radius 1 is 1.28 bits per heavy atom. The van der Waals surface area contributed by atoms with Crippen molar-refractivity contribution in [2.45, 2.75) is 57.1 Å². The van der Waals surface area contributed by atoms with E-state index in [0.29, 0.717) is 37.6 Å². The monoisotopic (exact) mass is 475 g/mol. The molecule has 180 valence electrons. The van der Waals surface area contributed by atoms with Crippen molar-refractivity contribution in [1.29, 1.82) is 0 Å². The molecule has 1 aromatic rings. The topological polar surface area (TPSA) is 181 Å². The zero-order valence-corrected chi connectivity index (χ0v) is 18.7. The molecule has 0 aliphatic carbocycles. The maximum atomic E-state index is 12.2. The molecule has 4 unspecified atom stereocenters. The SMILES string of the molecule is CC1CCC(COCC[C@@H]2CC(COP(=O)(O)O)OC2N2CNc3c2nc(N)[nH]c3=O)O1. The average molecular weight is 475 g/mol. The molecule has 2 saturated heterocycles. The molecule has 13 nitrogen and oxygen atoms in total. The number of aromatic nitrogens is 2. The minimum atomic E-state index is -4.61. The second-order valence-electron chi connectivity index (χ2n) is 8.39. The first kappa shape index (κ1) is 23.4. The molecule has 2 fully saturated rings. The number of phosphoric ester groups is 1. The highest BCUT2D eigenvalue weighted by Gasteiger charge is 2.42. The van der Waals surface area contributed by atoms with E-state index in [1.54, 1.807) is 4.90 Å². The number of H-pyrrole nitrogens is 1. The number of aromatic amines is 1. The van der Waals surface area contributed by atoms with Gasteiger partial charge in [0.15, 0.2) is 5.82 Å². The van der Waals surface area contributed by atoms with E-state index in [2.05, 4.69) is 19.8 Å². The zero-order chi connectivity index (χ0) is 22.9. The van der Waals surface area contributed by atoms with Crippen LogP contribution in [0.15, 0.2) is 4.79 Å². The molecule has 0 bridgehead atoms. The van der Waals surface area contributed by atoms with Gasteiger partial charge in [-0.05, 0) is 32.6 Å². The van der Waals surface area contributed by atoms with E-state index in [1.165, 1.54) is 0 Å². The molecule has 4 heterocycles. The number of rotatable bonds is 9. The van der Waals surface area contributed by atoms with Gasteiger partial charge in [-0.15, -0.1) is 0 Å². The average Bonchev–Trinajstić information content (AvgIpc) is 3.41. The first-order chi connectivity index (χ1) is 15.2. The quantitative estimate of drug-likeness (QED) is 0.245. The van der Waals surface area contributed by atoms with Gasteiger partial charge < -0.3 is 39.9 Å². The number of nitrogens with one attached hydrogen (secondary N) is 2. The lowest BCUT2D eigenvalue weighted by Crippen LogP contribution is -2.40. The van der Waals surface area contributed by atoms with Crippen molar-refractivity contribution >= 4 is 25.3 Å². The van der Waals surface area contributed by atoms with Crippen molar-refractivity contribution in [3.05, 3.63) is 10.4 Å². The minimum Gasteiger partial charge on any atom is -0.379 e. The van der Waals surface area contributed by atoms with E-state index in [1.807, 2.05) is 6.92 Å². The summed E-state index contributed by atoms with van der Waals surface area (Å²) in [6.07, 6.45) is 2.52. The highest BCUT2D eigenvalue weighted by Crippen LogP contribution is 2.41. The van der Waals surface area contributed by atoms with Gasteiger partial charge in [-0.25, -0.2) is 4.57 Å². The van der Waals surface area contributed by atoms with Crippen molar-refractivity contribution in [1.82, 2.24) is 9.97 Å². The molecule has 0 spiro atoms. The third-order valence-corrected chi connectivity index (χ3v) is 6.40. The van der Waals surface area contributed by atoms with Crippen LogP contribution < -0.4 is 21.5 Å². The summed E-state index contributed by atoms with van der Waals surface area (Å²) < 4.78 is 33.4. The molecule has 4 rings (SSSR count). The number of hydrogen-bond acceptors (Lipinski definition) is 10. The number of ether oxygens (including phenoxy) is 3. The number of nitrogens with zero attached hydrogens (tertiary/aromatic N) is 2. The van der Waals surface area contributed by atoms with Crippen LogP contribution in [0.5, 0.6) is 0 Å². The molecule has 0 saturated carbocycles. The standard InChI is InChI=1S/C18H30N5O8P/c1-10-2-3-12(30-10)7-28-5-4-11-6-13(8-29-32(25,26)27)31-17(11)23-9-20-14-15(23)21-18(19)22-16(14)24/h10-13,17,20H,2-9H2,1H3,(H2,25,26,27)(H3,19,21,22,24)/t10?,11-,12?,13?,17?/m1/s1. The Bertz CT molecular complexity index is 910. The van der Waals surface area contributed by atoms with Gasteiger partial charge in [-0.2, -0.15) is 4.98 Å². The predicted octanol–water partition coefficient (Wildman–Crippen LogP) is 0.356. The summed E-state index contributed by atoms with van der Waals surface area (Å²) in [5, 5.41) is 3.00. The number of hydrogen-bond donors (Lipinski definition) is 5. The fraction of sp³-hybridized carbons (Fsp3) is 0.778. The highest BCUT2D eigenvalue weighted by molar-refractivity contribution is 7.46. The predicted molar refractivity (Wildman–Crippen MR) is 114 cm³/mol. The van der Waals surface area contributed by atoms with Crippen LogP contribution in [0.4, 0.5) is 17.5 Å². The Morgan fingerprint density at radius 2 is 2.09 bits per heavy atom. The summed E-state index contributed by atoms with van der Waals surface area (Å²) in [6.45, 7) is 3.09. The van der Waals surface area contributed by atoms with Crippen molar-refractivity contribution in [2.75, 3.05) is 42.4 Å². The fourth-order valence-electron chi connectivity index (χ4n) is 4.45. The van der Waals surface area contributed by atoms with Crippen molar-refractivity contribution in [3.8, 4) is 0 Å². The van der Waals surface area contributed by atoms with Crippen LogP contribution in [-0.2, 0) is 23.3 Å². The lowest BCUT2D eigenvalue weighted by molar-refractivity contribution is -0.0174. The Labute approximate surface area is 184 Å². The number of nitrogens with two attached hydrogens (primary N) is 1. The molecule has 14 heteroatoms. The third kappa shape index (κ3) is 5.60. The van der Waals surface area contributed by atoms with E-state index in [9.17, 15) is 9.36 Å². The maximum absolute atomic E-state index is 12.2. The van der Waals surface area contributed by atoms with Crippen LogP contribution >= 0.6 is 7.82 Å². The largest absolute Gasteiger partial charge is 0.469 e. The molecule has 32 heavy (non-hydrogen) atoms. The Kier molecular flexibility index (Phi) is 7.06. The summed E-state index contributed by atoms with van der Waals surface area (Å²) >= 11 is 0. The highest BCUT2D eigenvalue weighted by atomic mass is 31.2. The smallest absolute Gasteiger partial charge is 0.379 e. The van der Waals surface area contributed by atoms with Gasteiger partial charge in [-0.1, -0.05) is 0 Å². The van der Waals surface area contributed by atoms with Crippen LogP contribution in [0, 0.1) is 5.92 Å². The summed E-state index contributed by atoms with van der Waals surface area (Å²) in [7, 11) is -4.61. The molecule has 3 aliphatic heterocycles. The summed E-state index contributed by atoms with van der Waals surface area (Å²) in [4.78, 5) is 38.7. The first-order valence-corrected chi connectivity index (χ1v) is 12.2. The van der Waals surface area contributed by atoms with E-state index < -0.39 is 20.2 Å². The van der Waals surface area contributed by atoms with Crippen LogP contribution in [0.3, 0.4) is 0 Å². The molecule has 0 amide bonds. The number of fused-ring (bicyclic) bond motifs is 1. The first-order valence-electron chi connectivity index (χ1n) is 10.7. The van der Waals surface area contributed by atoms with Gasteiger partial charge in [0.2, 0.25) is 5.95 Å². The summed E-state index contributed by atoms with van der Waals surface area (Å²) in [5.41, 5.74) is 5.65. The molecular weight excluding hydrogens is 445 g/mol. The van der Waals surface area contributed by atoms with Crippen molar-refractivity contribution in [3.63, 3.8) is 0 Å². The summed E-state index contributed by atoms with van der Waals surface area (Å²) in [6, 6.07) is 0. The van der Waals surface area contributed by atoms with Gasteiger partial charge in [0, 0.05) is 12.5 Å². The van der Waals surface area contributed by atoms with Crippen LogP contribution in [0.1, 0.15) is 32.6 Å². The Balaban J connectivity index is 1.41. The van der Waals surface area contributed by atoms with Crippen LogP contribution in [-0.4, -0.2) is 70.8 Å². The van der Waals surface area contributed by atoms with Gasteiger partial charge in [0.1, 0.15) is 11.9 Å². The second kappa shape index (κ2) is 9.64. The molecule has 0 radical (unpaired) electrons. The molecule has 5 atom stereocenters. The van der Waals surface area contributed by atoms with Gasteiger partial charge in [0.05, 0.1) is 38.2 Å². The third-order valence-electron chi connectivity index (χ3n) is 5.91. The molecular formula is C18H30N5O8P. The number of phosphoric acid groups is 1. The lowest BCUT2D eigenvalue weighted by atomic mass is 9.99. The zero-order valence-electron chi connectivity index (χ0n) is 17.8. The number of anilines is 3. The maximum Gasteiger partial charge on any atom is 0.469 e. The van der Waals surface area contributed by atoms with E-state index >= 15 is 0 Å². The minimum absolute atomic E-state index is 0.00694. The van der Waals surface area contributed by atoms with Crippen molar-refractivity contribution in [2.24, 2.45) is 5.92 Å². The van der Waals surface area contributed by atoms with Gasteiger partial charge in [0.25, 0.3) is 5.56 Å². The van der Waals surface area contributed by atoms with Crippen LogP contribution in [0.2, 0.25) is 0 Å². The lowest BCUT2D eigenvalue weighted by Gasteiger charge is -2.29. The van der Waals surface area contributed by atoms with E-state index in [-0.39, 0.29) is 42.9 Å². The molecule has 3 aliphatic rings. The van der Waals surface area contributed by atoms with E-state index in [4.69, 9.17) is 29.7 Å². The van der Waals surface area contributed by atoms with Gasteiger partial charge in [-0.3, -0.25) is 14.3 Å². The van der Waals surface area contributed by atoms with E-state index in [0.717, 1.165) is 12.8 Å². The van der Waals surface area contributed by atoms with Crippen molar-refractivity contribution < 1.29 is 33.1 Å². The Hall–Kier alpha value is -1.73. The normalized spacial score (nSPS) is 30.0. The molecule has 6 N–H and O–H groups in total. The summed E-state index contributed by atoms with van der Waals surface area (Å²) in [5.74, 6) is 0.332. The van der Waals surface area contributed by atoms with Gasteiger partial charge >= 0.3 is 7.82 Å². The second-order valence-corrected chi connectivity index (χ2v) is 9.63. The molecule has 0 aromatic carbocycles. The Morgan fingerprint density at radius 3 is 2.81 bits per heavy atom. The number of nitrogen functional groups attached to an aromatic ring is 1. The fourth-order valence-corrected chi connectivity index (χ4v) is 4.81. The van der Waals surface area contributed by atoms with Crippen LogP contribution in [0.25, 0.3) is 0 Å².